The lowest BCUT2D eigenvalue weighted by Crippen LogP contribution is -2.36. The molecule has 6 heteroatoms. The second-order valence-electron chi connectivity index (χ2n) is 7.00. The molecule has 1 aliphatic rings. The minimum absolute atomic E-state index is 0.150. The van der Waals surface area contributed by atoms with Crippen molar-refractivity contribution < 1.29 is 14.6 Å². The Hall–Kier alpha value is -2.05. The number of aromatic amines is 1. The minimum atomic E-state index is -0.551. The number of aromatic nitrogens is 1. The summed E-state index contributed by atoms with van der Waals surface area (Å²) in [6, 6.07) is 7.83. The van der Waals surface area contributed by atoms with Gasteiger partial charge in [-0.1, -0.05) is 6.07 Å². The van der Waals surface area contributed by atoms with E-state index in [1.165, 1.54) is 0 Å². The molecular formula is C19H27N3O3. The number of benzene rings is 1. The normalized spacial score (nSPS) is 18.9. The largest absolute Gasteiger partial charge is 0.490 e. The van der Waals surface area contributed by atoms with E-state index >= 15 is 0 Å². The number of likely N-dealkylation sites (N-methyl/N-ethyl adjacent to an activating group) is 1. The number of H-pyrrole nitrogens is 1. The number of nitrogens with zero attached hydrogens (tertiary/aromatic N) is 2. The van der Waals surface area contributed by atoms with Crippen LogP contribution in [0.4, 0.5) is 0 Å². The Balaban J connectivity index is 1.44. The lowest BCUT2D eigenvalue weighted by atomic mass is 10.1. The molecule has 1 aromatic carbocycles. The summed E-state index contributed by atoms with van der Waals surface area (Å²) in [4.78, 5) is 18.6. The van der Waals surface area contributed by atoms with E-state index in [9.17, 15) is 9.90 Å². The molecule has 0 aliphatic carbocycles. The van der Waals surface area contributed by atoms with E-state index < -0.39 is 6.10 Å². The van der Waals surface area contributed by atoms with Gasteiger partial charge in [0.15, 0.2) is 0 Å². The summed E-state index contributed by atoms with van der Waals surface area (Å²) in [6.07, 6.45) is 2.36. The maximum Gasteiger partial charge on any atom is 0.219 e. The van der Waals surface area contributed by atoms with Crippen LogP contribution < -0.4 is 4.74 Å². The molecule has 2 aromatic rings. The molecule has 2 heterocycles. The first-order valence-corrected chi connectivity index (χ1v) is 8.84. The van der Waals surface area contributed by atoms with Crippen LogP contribution in [-0.2, 0) is 4.79 Å². The number of hydrogen-bond acceptors (Lipinski definition) is 4. The SMILES string of the molecule is CC(=O)N1CCC(CN(C)CC(O)COc2cccc3[nH]ccc23)C1. The molecule has 6 nitrogen and oxygen atoms in total. The smallest absolute Gasteiger partial charge is 0.219 e. The van der Waals surface area contributed by atoms with Gasteiger partial charge in [-0.2, -0.15) is 0 Å². The number of amides is 1. The Bertz CT molecular complexity index is 715. The first-order chi connectivity index (χ1) is 12.0. The van der Waals surface area contributed by atoms with Crippen molar-refractivity contribution in [1.82, 2.24) is 14.8 Å². The van der Waals surface area contributed by atoms with Gasteiger partial charge in [0.05, 0.1) is 0 Å². The molecule has 136 valence electrons. The van der Waals surface area contributed by atoms with Gasteiger partial charge in [-0.3, -0.25) is 4.79 Å². The molecule has 1 amide bonds. The minimum Gasteiger partial charge on any atom is -0.490 e. The van der Waals surface area contributed by atoms with Crippen LogP contribution in [-0.4, -0.2) is 71.7 Å². The number of likely N-dealkylation sites (tertiary alicyclic amines) is 1. The number of carbonyl (C=O) groups is 1. The van der Waals surface area contributed by atoms with Crippen molar-refractivity contribution in [2.24, 2.45) is 5.92 Å². The first-order valence-electron chi connectivity index (χ1n) is 8.84. The zero-order valence-corrected chi connectivity index (χ0v) is 14.9. The van der Waals surface area contributed by atoms with Crippen molar-refractivity contribution in [1.29, 1.82) is 0 Å². The quantitative estimate of drug-likeness (QED) is 0.802. The van der Waals surface area contributed by atoms with E-state index in [0.29, 0.717) is 12.5 Å². The Morgan fingerprint density at radius 1 is 1.48 bits per heavy atom. The number of aliphatic hydroxyl groups is 1. The fourth-order valence-corrected chi connectivity index (χ4v) is 3.56. The average Bonchev–Trinajstić information content (AvgIpc) is 3.21. The highest BCUT2D eigenvalue weighted by molar-refractivity contribution is 5.85. The third-order valence-electron chi connectivity index (χ3n) is 4.81. The van der Waals surface area contributed by atoms with E-state index in [0.717, 1.165) is 42.7 Å². The zero-order valence-electron chi connectivity index (χ0n) is 14.9. The number of aliphatic hydroxyl groups excluding tert-OH is 1. The summed E-state index contributed by atoms with van der Waals surface area (Å²) in [7, 11) is 2.01. The molecule has 0 radical (unpaired) electrons. The lowest BCUT2D eigenvalue weighted by Gasteiger charge is -2.24. The van der Waals surface area contributed by atoms with Crippen molar-refractivity contribution in [3.8, 4) is 5.75 Å². The lowest BCUT2D eigenvalue weighted by molar-refractivity contribution is -0.127. The van der Waals surface area contributed by atoms with E-state index in [2.05, 4.69) is 9.88 Å². The summed E-state index contributed by atoms with van der Waals surface area (Å²) in [5, 5.41) is 11.3. The van der Waals surface area contributed by atoms with Crippen LogP contribution in [0.15, 0.2) is 30.5 Å². The van der Waals surface area contributed by atoms with Gasteiger partial charge in [0.25, 0.3) is 0 Å². The molecule has 25 heavy (non-hydrogen) atoms. The number of hydrogen-bond donors (Lipinski definition) is 2. The number of ether oxygens (including phenoxy) is 1. The Labute approximate surface area is 148 Å². The van der Waals surface area contributed by atoms with Crippen LogP contribution in [0.25, 0.3) is 10.9 Å². The fraction of sp³-hybridized carbons (Fsp3) is 0.526. The zero-order chi connectivity index (χ0) is 17.8. The molecule has 0 saturated carbocycles. The summed E-state index contributed by atoms with van der Waals surface area (Å²) in [6.45, 7) is 4.99. The van der Waals surface area contributed by atoms with Gasteiger partial charge in [0.1, 0.15) is 18.5 Å². The molecule has 2 unspecified atom stereocenters. The standard InChI is InChI=1S/C19H27N3O3/c1-14(23)22-9-7-15(11-22)10-21(2)12-16(24)13-25-19-5-3-4-18-17(19)6-8-20-18/h3-6,8,15-16,20,24H,7,9-13H2,1-2H3. The summed E-state index contributed by atoms with van der Waals surface area (Å²) < 4.78 is 5.81. The first kappa shape index (κ1) is 17.8. The predicted molar refractivity (Wildman–Crippen MR) is 97.7 cm³/mol. The van der Waals surface area contributed by atoms with Gasteiger partial charge >= 0.3 is 0 Å². The monoisotopic (exact) mass is 345 g/mol. The molecule has 3 rings (SSSR count). The number of nitrogens with one attached hydrogen (secondary N) is 1. The maximum absolute atomic E-state index is 11.4. The van der Waals surface area contributed by atoms with Crippen molar-refractivity contribution in [3.63, 3.8) is 0 Å². The topological polar surface area (TPSA) is 68.8 Å². The van der Waals surface area contributed by atoms with E-state index in [1.807, 2.05) is 42.4 Å². The second-order valence-corrected chi connectivity index (χ2v) is 7.00. The van der Waals surface area contributed by atoms with Crippen LogP contribution >= 0.6 is 0 Å². The summed E-state index contributed by atoms with van der Waals surface area (Å²) >= 11 is 0. The highest BCUT2D eigenvalue weighted by Gasteiger charge is 2.25. The van der Waals surface area contributed by atoms with Crippen LogP contribution in [0.1, 0.15) is 13.3 Å². The number of rotatable bonds is 7. The Kier molecular flexibility index (Phi) is 5.60. The van der Waals surface area contributed by atoms with Crippen LogP contribution in [0, 0.1) is 5.92 Å². The molecular weight excluding hydrogens is 318 g/mol. The maximum atomic E-state index is 11.4. The van der Waals surface area contributed by atoms with Crippen molar-refractivity contribution >= 4 is 16.8 Å². The third kappa shape index (κ3) is 4.52. The highest BCUT2D eigenvalue weighted by atomic mass is 16.5. The Morgan fingerprint density at radius 3 is 3.08 bits per heavy atom. The van der Waals surface area contributed by atoms with Gasteiger partial charge in [0.2, 0.25) is 5.91 Å². The van der Waals surface area contributed by atoms with E-state index in [-0.39, 0.29) is 12.5 Å². The molecule has 0 bridgehead atoms. The van der Waals surface area contributed by atoms with Gasteiger partial charge in [0, 0.05) is 50.2 Å². The van der Waals surface area contributed by atoms with E-state index in [1.54, 1.807) is 6.92 Å². The molecule has 2 N–H and O–H groups in total. The second kappa shape index (κ2) is 7.89. The molecule has 0 spiro atoms. The Morgan fingerprint density at radius 2 is 2.32 bits per heavy atom. The third-order valence-corrected chi connectivity index (χ3v) is 4.81. The van der Waals surface area contributed by atoms with Crippen molar-refractivity contribution in [3.05, 3.63) is 30.5 Å². The summed E-state index contributed by atoms with van der Waals surface area (Å²) in [5.74, 6) is 1.42. The number of fused-ring (bicyclic) bond motifs is 1. The molecule has 2 atom stereocenters. The van der Waals surface area contributed by atoms with Gasteiger partial charge in [-0.05, 0) is 37.6 Å². The molecule has 1 aromatic heterocycles. The van der Waals surface area contributed by atoms with Crippen LogP contribution in [0.3, 0.4) is 0 Å². The fourth-order valence-electron chi connectivity index (χ4n) is 3.56. The molecule has 1 saturated heterocycles. The van der Waals surface area contributed by atoms with E-state index in [4.69, 9.17) is 4.74 Å². The van der Waals surface area contributed by atoms with Gasteiger partial charge < -0.3 is 24.6 Å². The number of carbonyl (C=O) groups excluding carboxylic acids is 1. The average molecular weight is 345 g/mol. The summed E-state index contributed by atoms with van der Waals surface area (Å²) in [5.41, 5.74) is 1.03. The van der Waals surface area contributed by atoms with Crippen molar-refractivity contribution in [2.75, 3.05) is 39.8 Å². The predicted octanol–water partition coefficient (Wildman–Crippen LogP) is 1.71. The van der Waals surface area contributed by atoms with Gasteiger partial charge in [-0.25, -0.2) is 0 Å². The van der Waals surface area contributed by atoms with Crippen LogP contribution in [0.2, 0.25) is 0 Å². The highest BCUT2D eigenvalue weighted by Crippen LogP contribution is 2.24. The van der Waals surface area contributed by atoms with Gasteiger partial charge in [-0.15, -0.1) is 0 Å². The molecule has 1 fully saturated rings. The van der Waals surface area contributed by atoms with Crippen LogP contribution in [0.5, 0.6) is 5.75 Å². The van der Waals surface area contributed by atoms with Crippen molar-refractivity contribution in [2.45, 2.75) is 19.4 Å². The molecule has 1 aliphatic heterocycles.